The minimum Gasteiger partial charge on any atom is -0.495 e. The third kappa shape index (κ3) is 2.92. The van der Waals surface area contributed by atoms with Gasteiger partial charge in [0.15, 0.2) is 0 Å². The summed E-state index contributed by atoms with van der Waals surface area (Å²) in [6, 6.07) is 5.70. The number of rotatable bonds is 5. The molecule has 0 bridgehead atoms. The SMILES string of the molecule is COc1cc(NCC(C)c2nccs2)ccc1N. The fourth-order valence-electron chi connectivity index (χ4n) is 1.66. The lowest BCUT2D eigenvalue weighted by Gasteiger charge is -2.13. The second-order valence-corrected chi connectivity index (χ2v) is 5.04. The first-order valence-corrected chi connectivity index (χ1v) is 6.65. The molecule has 1 aromatic carbocycles. The van der Waals surface area contributed by atoms with Gasteiger partial charge in [0.2, 0.25) is 0 Å². The van der Waals surface area contributed by atoms with E-state index in [1.54, 1.807) is 18.4 Å². The molecule has 5 heteroatoms. The number of benzene rings is 1. The maximum atomic E-state index is 5.77. The van der Waals surface area contributed by atoms with E-state index >= 15 is 0 Å². The first-order chi connectivity index (χ1) is 8.70. The van der Waals surface area contributed by atoms with Crippen LogP contribution in [0.5, 0.6) is 5.75 Å². The van der Waals surface area contributed by atoms with E-state index in [1.807, 2.05) is 29.8 Å². The molecule has 0 spiro atoms. The molecule has 3 N–H and O–H groups in total. The summed E-state index contributed by atoms with van der Waals surface area (Å²) in [7, 11) is 1.62. The Morgan fingerprint density at radius 1 is 1.50 bits per heavy atom. The van der Waals surface area contributed by atoms with Gasteiger partial charge in [0.25, 0.3) is 0 Å². The first kappa shape index (κ1) is 12.7. The molecular formula is C13H17N3OS. The van der Waals surface area contributed by atoms with Crippen LogP contribution in [0.1, 0.15) is 17.8 Å². The third-order valence-electron chi connectivity index (χ3n) is 2.72. The van der Waals surface area contributed by atoms with E-state index in [0.29, 0.717) is 17.4 Å². The molecule has 2 aromatic rings. The highest BCUT2D eigenvalue weighted by atomic mass is 32.1. The highest BCUT2D eigenvalue weighted by molar-refractivity contribution is 7.09. The number of hydrogen-bond donors (Lipinski definition) is 2. The highest BCUT2D eigenvalue weighted by Gasteiger charge is 2.08. The molecule has 0 saturated heterocycles. The number of thiazole rings is 1. The quantitative estimate of drug-likeness (QED) is 0.814. The molecule has 0 fully saturated rings. The molecule has 96 valence electrons. The van der Waals surface area contributed by atoms with Crippen LogP contribution >= 0.6 is 11.3 Å². The molecule has 0 saturated carbocycles. The molecule has 1 aromatic heterocycles. The van der Waals surface area contributed by atoms with Crippen molar-refractivity contribution in [2.45, 2.75) is 12.8 Å². The number of nitrogens with two attached hydrogens (primary N) is 1. The smallest absolute Gasteiger partial charge is 0.143 e. The lowest BCUT2D eigenvalue weighted by molar-refractivity contribution is 0.417. The fourth-order valence-corrected chi connectivity index (χ4v) is 2.36. The van der Waals surface area contributed by atoms with Crippen molar-refractivity contribution in [3.63, 3.8) is 0 Å². The van der Waals surface area contributed by atoms with E-state index in [2.05, 4.69) is 17.2 Å². The minimum absolute atomic E-state index is 0.383. The standard InChI is InChI=1S/C13H17N3OS/c1-9(13-15-5-6-18-13)8-16-10-3-4-11(14)12(7-10)17-2/h3-7,9,16H,8,14H2,1-2H3. The zero-order chi connectivity index (χ0) is 13.0. The normalized spacial score (nSPS) is 12.1. The summed E-state index contributed by atoms with van der Waals surface area (Å²) in [6.07, 6.45) is 1.84. The van der Waals surface area contributed by atoms with Crippen LogP contribution in [-0.2, 0) is 0 Å². The number of aromatic nitrogens is 1. The maximum absolute atomic E-state index is 5.77. The number of ether oxygens (including phenoxy) is 1. The average molecular weight is 263 g/mol. The Labute approximate surface area is 111 Å². The largest absolute Gasteiger partial charge is 0.495 e. The van der Waals surface area contributed by atoms with Crippen LogP contribution in [0, 0.1) is 0 Å². The van der Waals surface area contributed by atoms with Crippen molar-refractivity contribution in [2.75, 3.05) is 24.7 Å². The Morgan fingerprint density at radius 3 is 3.00 bits per heavy atom. The van der Waals surface area contributed by atoms with Crippen molar-refractivity contribution in [3.8, 4) is 5.75 Å². The summed E-state index contributed by atoms with van der Waals surface area (Å²) >= 11 is 1.68. The van der Waals surface area contributed by atoms with Crippen molar-refractivity contribution in [1.82, 2.24) is 4.98 Å². The summed E-state index contributed by atoms with van der Waals surface area (Å²) in [4.78, 5) is 4.31. The van der Waals surface area contributed by atoms with Gasteiger partial charge >= 0.3 is 0 Å². The van der Waals surface area contributed by atoms with Gasteiger partial charge < -0.3 is 15.8 Å². The van der Waals surface area contributed by atoms with Crippen molar-refractivity contribution in [2.24, 2.45) is 0 Å². The monoisotopic (exact) mass is 263 g/mol. The van der Waals surface area contributed by atoms with E-state index in [-0.39, 0.29) is 0 Å². The van der Waals surface area contributed by atoms with E-state index in [1.165, 1.54) is 0 Å². The summed E-state index contributed by atoms with van der Waals surface area (Å²) in [5.74, 6) is 1.08. The summed E-state index contributed by atoms with van der Waals surface area (Å²) in [6.45, 7) is 2.99. The Balaban J connectivity index is 1.98. The van der Waals surface area contributed by atoms with Crippen LogP contribution in [0.25, 0.3) is 0 Å². The summed E-state index contributed by atoms with van der Waals surface area (Å²) < 4.78 is 5.19. The predicted molar refractivity (Wildman–Crippen MR) is 76.4 cm³/mol. The molecule has 4 nitrogen and oxygen atoms in total. The van der Waals surface area contributed by atoms with Gasteiger partial charge in [-0.05, 0) is 12.1 Å². The Bertz CT molecular complexity index is 499. The average Bonchev–Trinajstić information content (AvgIpc) is 2.91. The van der Waals surface area contributed by atoms with Gasteiger partial charge in [0.05, 0.1) is 17.8 Å². The van der Waals surface area contributed by atoms with Gasteiger partial charge in [-0.2, -0.15) is 0 Å². The molecule has 2 rings (SSSR count). The maximum Gasteiger partial charge on any atom is 0.143 e. The molecular weight excluding hydrogens is 246 g/mol. The molecule has 0 aliphatic carbocycles. The number of nitrogens with zero attached hydrogens (tertiary/aromatic N) is 1. The predicted octanol–water partition coefficient (Wildman–Crippen LogP) is 2.95. The summed E-state index contributed by atoms with van der Waals surface area (Å²) in [5, 5.41) is 6.51. The van der Waals surface area contributed by atoms with E-state index in [0.717, 1.165) is 17.2 Å². The van der Waals surface area contributed by atoms with Crippen LogP contribution < -0.4 is 15.8 Å². The molecule has 0 aliphatic heterocycles. The second kappa shape index (κ2) is 5.73. The van der Waals surface area contributed by atoms with E-state index in [9.17, 15) is 0 Å². The molecule has 0 radical (unpaired) electrons. The molecule has 0 aliphatic rings. The number of nitrogen functional groups attached to an aromatic ring is 1. The van der Waals surface area contributed by atoms with Gasteiger partial charge in [-0.25, -0.2) is 4.98 Å². The van der Waals surface area contributed by atoms with Gasteiger partial charge in [0, 0.05) is 35.8 Å². The molecule has 18 heavy (non-hydrogen) atoms. The van der Waals surface area contributed by atoms with E-state index < -0.39 is 0 Å². The molecule has 1 unspecified atom stereocenters. The van der Waals surface area contributed by atoms with Crippen LogP contribution in [0.4, 0.5) is 11.4 Å². The Kier molecular flexibility index (Phi) is 4.04. The van der Waals surface area contributed by atoms with Crippen molar-refractivity contribution >= 4 is 22.7 Å². The lowest BCUT2D eigenvalue weighted by Crippen LogP contribution is -2.09. The van der Waals surface area contributed by atoms with Crippen molar-refractivity contribution in [1.29, 1.82) is 0 Å². The lowest BCUT2D eigenvalue weighted by atomic mass is 10.2. The zero-order valence-corrected chi connectivity index (χ0v) is 11.3. The fraction of sp³-hybridized carbons (Fsp3) is 0.308. The third-order valence-corrected chi connectivity index (χ3v) is 3.73. The first-order valence-electron chi connectivity index (χ1n) is 5.77. The van der Waals surface area contributed by atoms with Crippen molar-refractivity contribution in [3.05, 3.63) is 34.8 Å². The van der Waals surface area contributed by atoms with Gasteiger partial charge in [0.1, 0.15) is 5.75 Å². The molecule has 1 heterocycles. The minimum atomic E-state index is 0.383. The van der Waals surface area contributed by atoms with Gasteiger partial charge in [-0.1, -0.05) is 6.92 Å². The Hall–Kier alpha value is -1.75. The van der Waals surface area contributed by atoms with Crippen LogP contribution in [0.15, 0.2) is 29.8 Å². The zero-order valence-electron chi connectivity index (χ0n) is 10.5. The number of anilines is 2. The number of nitrogens with one attached hydrogen (secondary N) is 1. The molecule has 1 atom stereocenters. The number of hydrogen-bond acceptors (Lipinski definition) is 5. The van der Waals surface area contributed by atoms with Crippen LogP contribution in [0.2, 0.25) is 0 Å². The van der Waals surface area contributed by atoms with Crippen molar-refractivity contribution < 1.29 is 4.74 Å². The summed E-state index contributed by atoms with van der Waals surface area (Å²) in [5.41, 5.74) is 7.43. The van der Waals surface area contributed by atoms with Crippen LogP contribution in [0.3, 0.4) is 0 Å². The van der Waals surface area contributed by atoms with E-state index in [4.69, 9.17) is 10.5 Å². The number of methoxy groups -OCH3 is 1. The molecule has 0 amide bonds. The van der Waals surface area contributed by atoms with Gasteiger partial charge in [-0.15, -0.1) is 11.3 Å². The second-order valence-electron chi connectivity index (χ2n) is 4.11. The van der Waals surface area contributed by atoms with Crippen LogP contribution in [-0.4, -0.2) is 18.6 Å². The van der Waals surface area contributed by atoms with Gasteiger partial charge in [-0.3, -0.25) is 0 Å². The highest BCUT2D eigenvalue weighted by Crippen LogP contribution is 2.26. The Morgan fingerprint density at radius 2 is 2.33 bits per heavy atom. The topological polar surface area (TPSA) is 60.2 Å².